The van der Waals surface area contributed by atoms with Gasteiger partial charge in [-0.25, -0.2) is 12.8 Å². The Hall–Kier alpha value is -1.51. The maximum atomic E-state index is 13.4. The van der Waals surface area contributed by atoms with E-state index in [0.717, 1.165) is 6.07 Å². The Morgan fingerprint density at radius 1 is 1.38 bits per heavy atom. The fraction of sp³-hybridized carbons (Fsp3) is 0.562. The zero-order valence-electron chi connectivity index (χ0n) is 13.6. The molecule has 0 aliphatic carbocycles. The van der Waals surface area contributed by atoms with Gasteiger partial charge in [0, 0.05) is 19.1 Å². The molecule has 0 radical (unpaired) electrons. The smallest absolute Gasteiger partial charge is 0.243 e. The minimum atomic E-state index is -3.80. The second-order valence-corrected chi connectivity index (χ2v) is 8.52. The molecule has 0 spiro atoms. The van der Waals surface area contributed by atoms with E-state index in [4.69, 9.17) is 4.74 Å². The van der Waals surface area contributed by atoms with Crippen molar-refractivity contribution in [3.05, 3.63) is 30.1 Å². The number of ether oxygens (including phenoxy) is 1. The SMILES string of the molecule is CC(C)NC(=O)[C@@H]1C[C@H]2CN(S(=O)(=O)c3cccc(F)c3)C[C@H]1O2. The molecule has 1 aromatic carbocycles. The lowest BCUT2D eigenvalue weighted by atomic mass is 9.99. The van der Waals surface area contributed by atoms with E-state index in [-0.39, 0.29) is 42.0 Å². The molecule has 0 unspecified atom stereocenters. The van der Waals surface area contributed by atoms with Crippen LogP contribution in [0.5, 0.6) is 0 Å². The molecule has 2 bridgehead atoms. The van der Waals surface area contributed by atoms with Gasteiger partial charge in [0.1, 0.15) is 5.82 Å². The summed E-state index contributed by atoms with van der Waals surface area (Å²) in [7, 11) is -3.80. The number of fused-ring (bicyclic) bond motifs is 2. The molecule has 3 rings (SSSR count). The molecule has 1 N–H and O–H groups in total. The van der Waals surface area contributed by atoms with Crippen LogP contribution in [0.25, 0.3) is 0 Å². The summed E-state index contributed by atoms with van der Waals surface area (Å²) in [4.78, 5) is 12.2. The van der Waals surface area contributed by atoms with Gasteiger partial charge in [-0.15, -0.1) is 0 Å². The monoisotopic (exact) mass is 356 g/mol. The summed E-state index contributed by atoms with van der Waals surface area (Å²) < 4.78 is 45.8. The number of morpholine rings is 1. The summed E-state index contributed by atoms with van der Waals surface area (Å²) in [6, 6.07) is 4.98. The second kappa shape index (κ2) is 6.42. The standard InChI is InChI=1S/C16H21FN2O4S/c1-10(2)18-16(20)14-7-12-8-19(9-15(14)23-12)24(21,22)13-5-3-4-11(17)6-13/h3-6,10,12,14-15H,7-9H2,1-2H3,(H,18,20)/t12-,14+,15+/m0/s1. The van der Waals surface area contributed by atoms with Crippen LogP contribution in [0.15, 0.2) is 29.2 Å². The van der Waals surface area contributed by atoms with E-state index in [1.165, 1.54) is 22.5 Å². The first kappa shape index (κ1) is 17.3. The van der Waals surface area contributed by atoms with Crippen molar-refractivity contribution in [1.29, 1.82) is 0 Å². The lowest BCUT2D eigenvalue weighted by Gasteiger charge is -2.32. The maximum absolute atomic E-state index is 13.4. The predicted octanol–water partition coefficient (Wildman–Crippen LogP) is 1.13. The first-order valence-electron chi connectivity index (χ1n) is 7.99. The molecule has 2 aliphatic heterocycles. The summed E-state index contributed by atoms with van der Waals surface area (Å²) in [5.74, 6) is -1.06. The summed E-state index contributed by atoms with van der Waals surface area (Å²) in [5, 5.41) is 2.85. The van der Waals surface area contributed by atoms with Crippen LogP contribution < -0.4 is 5.32 Å². The number of carbonyl (C=O) groups excluding carboxylic acids is 1. The van der Waals surface area contributed by atoms with Crippen molar-refractivity contribution in [2.75, 3.05) is 13.1 Å². The van der Waals surface area contributed by atoms with Crippen molar-refractivity contribution < 1.29 is 22.3 Å². The fourth-order valence-corrected chi connectivity index (χ4v) is 4.78. The Labute approximate surface area is 141 Å². The van der Waals surface area contributed by atoms with Crippen LogP contribution >= 0.6 is 0 Å². The molecule has 1 aromatic rings. The lowest BCUT2D eigenvalue weighted by molar-refractivity contribution is -0.127. The summed E-state index contributed by atoms with van der Waals surface area (Å²) in [6.45, 7) is 4.04. The Balaban J connectivity index is 1.78. The zero-order chi connectivity index (χ0) is 17.5. The van der Waals surface area contributed by atoms with Gasteiger partial charge >= 0.3 is 0 Å². The van der Waals surface area contributed by atoms with Crippen LogP contribution in [-0.4, -0.2) is 50.0 Å². The molecule has 3 atom stereocenters. The molecule has 2 heterocycles. The van der Waals surface area contributed by atoms with Gasteiger partial charge in [0.25, 0.3) is 0 Å². The minimum absolute atomic E-state index is 0.0186. The van der Waals surface area contributed by atoms with Crippen molar-refractivity contribution in [1.82, 2.24) is 9.62 Å². The maximum Gasteiger partial charge on any atom is 0.243 e. The average Bonchev–Trinajstić information content (AvgIpc) is 2.80. The van der Waals surface area contributed by atoms with E-state index in [9.17, 15) is 17.6 Å². The summed E-state index contributed by atoms with van der Waals surface area (Å²) in [6.07, 6.45) is -0.279. The second-order valence-electron chi connectivity index (χ2n) is 6.58. The van der Waals surface area contributed by atoms with Crippen LogP contribution in [0.2, 0.25) is 0 Å². The van der Waals surface area contributed by atoms with Crippen molar-refractivity contribution in [3.63, 3.8) is 0 Å². The van der Waals surface area contributed by atoms with Gasteiger partial charge in [0.15, 0.2) is 0 Å². The van der Waals surface area contributed by atoms with Crippen molar-refractivity contribution in [2.24, 2.45) is 5.92 Å². The number of rotatable bonds is 4. The van der Waals surface area contributed by atoms with Crippen LogP contribution in [-0.2, 0) is 19.6 Å². The first-order valence-corrected chi connectivity index (χ1v) is 9.43. The molecule has 2 fully saturated rings. The predicted molar refractivity (Wildman–Crippen MR) is 85.2 cm³/mol. The van der Waals surface area contributed by atoms with Crippen molar-refractivity contribution >= 4 is 15.9 Å². The highest BCUT2D eigenvalue weighted by molar-refractivity contribution is 7.89. The van der Waals surface area contributed by atoms with Gasteiger partial charge < -0.3 is 10.1 Å². The molecule has 24 heavy (non-hydrogen) atoms. The third-order valence-corrected chi connectivity index (χ3v) is 6.15. The number of sulfonamides is 1. The van der Waals surface area contributed by atoms with E-state index in [1.807, 2.05) is 13.8 Å². The molecule has 0 saturated carbocycles. The number of amides is 1. The Morgan fingerprint density at radius 2 is 2.12 bits per heavy atom. The number of halogens is 1. The van der Waals surface area contributed by atoms with E-state index in [1.54, 1.807) is 0 Å². The number of hydrogen-bond donors (Lipinski definition) is 1. The Bertz CT molecular complexity index is 737. The number of carbonyl (C=O) groups is 1. The van der Waals surface area contributed by atoms with Crippen LogP contribution in [0, 0.1) is 11.7 Å². The summed E-state index contributed by atoms with van der Waals surface area (Å²) in [5.41, 5.74) is 0. The third-order valence-electron chi connectivity index (χ3n) is 4.33. The normalized spacial score (nSPS) is 27.4. The molecular formula is C16H21FN2O4S. The minimum Gasteiger partial charge on any atom is -0.371 e. The molecule has 8 heteroatoms. The topological polar surface area (TPSA) is 75.7 Å². The Morgan fingerprint density at radius 3 is 2.79 bits per heavy atom. The molecule has 1 amide bonds. The van der Waals surface area contributed by atoms with Crippen molar-refractivity contribution in [2.45, 2.75) is 43.4 Å². The fourth-order valence-electron chi connectivity index (χ4n) is 3.26. The Kier molecular flexibility index (Phi) is 4.63. The van der Waals surface area contributed by atoms with Gasteiger partial charge in [-0.3, -0.25) is 4.79 Å². The number of hydrogen-bond acceptors (Lipinski definition) is 4. The van der Waals surface area contributed by atoms with Crippen LogP contribution in [0.1, 0.15) is 20.3 Å². The van der Waals surface area contributed by atoms with Gasteiger partial charge in [-0.2, -0.15) is 4.31 Å². The highest BCUT2D eigenvalue weighted by Crippen LogP contribution is 2.34. The highest BCUT2D eigenvalue weighted by Gasteiger charge is 2.47. The summed E-state index contributed by atoms with van der Waals surface area (Å²) >= 11 is 0. The zero-order valence-corrected chi connectivity index (χ0v) is 14.4. The average molecular weight is 356 g/mol. The lowest BCUT2D eigenvalue weighted by Crippen LogP contribution is -2.48. The quantitative estimate of drug-likeness (QED) is 0.877. The largest absolute Gasteiger partial charge is 0.371 e. The van der Waals surface area contributed by atoms with E-state index < -0.39 is 21.9 Å². The van der Waals surface area contributed by atoms with E-state index >= 15 is 0 Å². The number of nitrogens with one attached hydrogen (secondary N) is 1. The van der Waals surface area contributed by atoms with Gasteiger partial charge in [0.05, 0.1) is 23.0 Å². The number of benzene rings is 1. The first-order chi connectivity index (χ1) is 11.3. The van der Waals surface area contributed by atoms with Gasteiger partial charge in [-0.1, -0.05) is 6.07 Å². The van der Waals surface area contributed by atoms with Crippen molar-refractivity contribution in [3.8, 4) is 0 Å². The van der Waals surface area contributed by atoms with E-state index in [2.05, 4.69) is 5.32 Å². The molecule has 2 aliphatic rings. The molecule has 132 valence electrons. The molecule has 2 saturated heterocycles. The number of nitrogens with zero attached hydrogens (tertiary/aromatic N) is 1. The van der Waals surface area contributed by atoms with Gasteiger partial charge in [-0.05, 0) is 38.5 Å². The molecule has 6 nitrogen and oxygen atoms in total. The van der Waals surface area contributed by atoms with Gasteiger partial charge in [0.2, 0.25) is 15.9 Å². The third kappa shape index (κ3) is 3.31. The van der Waals surface area contributed by atoms with Crippen LogP contribution in [0.3, 0.4) is 0 Å². The molecular weight excluding hydrogens is 335 g/mol. The van der Waals surface area contributed by atoms with E-state index in [0.29, 0.717) is 6.42 Å². The highest BCUT2D eigenvalue weighted by atomic mass is 32.2. The van der Waals surface area contributed by atoms with Crippen LogP contribution in [0.4, 0.5) is 4.39 Å². The molecule has 0 aromatic heterocycles.